The van der Waals surface area contributed by atoms with Crippen LogP contribution in [0.3, 0.4) is 0 Å². The van der Waals surface area contributed by atoms with Gasteiger partial charge in [-0.3, -0.25) is 4.57 Å². The molecule has 0 unspecified atom stereocenters. The van der Waals surface area contributed by atoms with Crippen LogP contribution in [0.4, 0.5) is 17.1 Å². The topological polar surface area (TPSA) is 72.2 Å². The average molecular weight is 756 g/mol. The number of hydrogen-bond donors (Lipinski definition) is 0. The lowest BCUT2D eigenvalue weighted by atomic mass is 9.86. The van der Waals surface area contributed by atoms with E-state index in [-0.39, 0.29) is 5.41 Å². The monoisotopic (exact) mass is 755 g/mol. The van der Waals surface area contributed by atoms with E-state index in [1.165, 1.54) is 11.3 Å². The Morgan fingerprint density at radius 2 is 1.22 bits per heavy atom. The van der Waals surface area contributed by atoms with Crippen molar-refractivity contribution in [2.75, 3.05) is 23.5 Å². The summed E-state index contributed by atoms with van der Waals surface area (Å²) in [6.07, 6.45) is 1.84. The first-order valence-electron chi connectivity index (χ1n) is 19.6. The van der Waals surface area contributed by atoms with Crippen molar-refractivity contribution in [3.63, 3.8) is 0 Å². The maximum absolute atomic E-state index is 7.07. The summed E-state index contributed by atoms with van der Waals surface area (Å²) in [4.78, 5) is 24.8. The van der Waals surface area contributed by atoms with E-state index in [0.717, 1.165) is 62.4 Å². The molecule has 0 aliphatic carbocycles. The van der Waals surface area contributed by atoms with Crippen LogP contribution in [-0.4, -0.2) is 38.2 Å². The van der Waals surface area contributed by atoms with Gasteiger partial charge in [0.05, 0.1) is 34.6 Å². The molecule has 0 fully saturated rings. The van der Waals surface area contributed by atoms with Gasteiger partial charge in [-0.25, -0.2) is 19.9 Å². The number of para-hydroxylation sites is 2. The Balaban J connectivity index is 1.23. The maximum atomic E-state index is 7.07. The first kappa shape index (κ1) is 35.1. The summed E-state index contributed by atoms with van der Waals surface area (Å²) in [6, 6.07) is 54.0. The zero-order valence-electron chi connectivity index (χ0n) is 32.8. The predicted molar refractivity (Wildman–Crippen MR) is 235 cm³/mol. The van der Waals surface area contributed by atoms with Crippen molar-refractivity contribution in [2.45, 2.75) is 26.2 Å². The number of aromatic nitrogens is 5. The predicted octanol–water partition coefficient (Wildman–Crippen LogP) is 12.0. The van der Waals surface area contributed by atoms with E-state index in [2.05, 4.69) is 109 Å². The van der Waals surface area contributed by atoms with Gasteiger partial charge in [0, 0.05) is 53.0 Å². The molecule has 0 radical (unpaired) electrons. The first-order valence-corrected chi connectivity index (χ1v) is 19.6. The third-order valence-corrected chi connectivity index (χ3v) is 10.8. The summed E-state index contributed by atoms with van der Waals surface area (Å²) >= 11 is 0. The van der Waals surface area contributed by atoms with Crippen LogP contribution in [0.25, 0.3) is 61.8 Å². The van der Waals surface area contributed by atoms with Crippen molar-refractivity contribution in [3.05, 3.63) is 169 Å². The highest BCUT2D eigenvalue weighted by Crippen LogP contribution is 2.44. The number of ether oxygens (including phenoxy) is 1. The molecule has 0 saturated heterocycles. The minimum absolute atomic E-state index is 0.0570. The Labute approximate surface area is 337 Å². The van der Waals surface area contributed by atoms with Gasteiger partial charge >= 0.3 is 0 Å². The van der Waals surface area contributed by atoms with Gasteiger partial charge in [0.1, 0.15) is 17.3 Å². The van der Waals surface area contributed by atoms with E-state index in [1.54, 1.807) is 0 Å². The average Bonchev–Trinajstić information content (AvgIpc) is 3.77. The number of rotatable bonds is 7. The number of anilines is 3. The fourth-order valence-corrected chi connectivity index (χ4v) is 7.88. The minimum atomic E-state index is -0.0570. The molecule has 6 aromatic carbocycles. The molecular weight excluding hydrogens is 715 g/mol. The highest BCUT2D eigenvalue weighted by molar-refractivity contribution is 6.11. The van der Waals surface area contributed by atoms with E-state index < -0.39 is 0 Å². The van der Waals surface area contributed by atoms with Gasteiger partial charge in [-0.05, 0) is 65.6 Å². The van der Waals surface area contributed by atoms with Crippen molar-refractivity contribution >= 4 is 38.9 Å². The second-order valence-electron chi connectivity index (χ2n) is 15.8. The van der Waals surface area contributed by atoms with Crippen LogP contribution in [0, 0.1) is 0 Å². The molecule has 4 heterocycles. The van der Waals surface area contributed by atoms with Gasteiger partial charge < -0.3 is 14.5 Å². The largest absolute Gasteiger partial charge is 0.456 e. The van der Waals surface area contributed by atoms with Crippen LogP contribution in [-0.2, 0) is 5.41 Å². The number of benzene rings is 6. The Morgan fingerprint density at radius 1 is 0.569 bits per heavy atom. The summed E-state index contributed by atoms with van der Waals surface area (Å²) in [5.74, 6) is 3.81. The Kier molecular flexibility index (Phi) is 8.48. The van der Waals surface area contributed by atoms with Crippen molar-refractivity contribution < 1.29 is 4.74 Å². The molecule has 3 aromatic heterocycles. The lowest BCUT2D eigenvalue weighted by Gasteiger charge is -2.20. The highest BCUT2D eigenvalue weighted by atomic mass is 16.5. The molecule has 0 N–H and O–H groups in total. The number of nitrogens with zero attached hydrogens (tertiary/aromatic N) is 7. The Bertz CT molecular complexity index is 2900. The van der Waals surface area contributed by atoms with Crippen LogP contribution in [0.15, 0.2) is 164 Å². The summed E-state index contributed by atoms with van der Waals surface area (Å²) < 4.78 is 9.29. The van der Waals surface area contributed by atoms with E-state index in [4.69, 9.17) is 24.7 Å². The SMILES string of the molecule is CN1CN(c2cccc(Oc3cc4c(cc3-c3nc(-c5ccccc5)nc(-c5ccccc5)n3)c3cc(C(C)(C)C)ccc3n4-c3ccccn3)c2)c2ccccc21. The van der Waals surface area contributed by atoms with Crippen LogP contribution in [0.5, 0.6) is 11.5 Å². The molecule has 1 aliphatic heterocycles. The Morgan fingerprint density at radius 3 is 1.91 bits per heavy atom. The van der Waals surface area contributed by atoms with Gasteiger partial charge in [-0.15, -0.1) is 0 Å². The zero-order valence-corrected chi connectivity index (χ0v) is 32.8. The number of hydrogen-bond acceptors (Lipinski definition) is 7. The normalized spacial score (nSPS) is 12.7. The van der Waals surface area contributed by atoms with Crippen LogP contribution in [0.1, 0.15) is 26.3 Å². The fourth-order valence-electron chi connectivity index (χ4n) is 7.88. The van der Waals surface area contributed by atoms with Crippen molar-refractivity contribution in [1.29, 1.82) is 0 Å². The van der Waals surface area contributed by atoms with Crippen LogP contribution >= 0.6 is 0 Å². The Hall–Kier alpha value is -7.32. The molecule has 282 valence electrons. The van der Waals surface area contributed by atoms with Crippen LogP contribution in [0.2, 0.25) is 0 Å². The standard InChI is InChI=1S/C50H41N7O/c1-50(2,3)35-25-26-41-38(28-35)39-30-40(49-53-47(33-16-7-5-8-17-33)52-48(54-49)34-18-9-6-10-19-34)45(31-44(39)57(41)46-24-13-14-27-51-46)58-37-21-15-20-36(29-37)56-32-55(4)42-22-11-12-23-43(42)56/h5-31H,32H2,1-4H3. The quantitative estimate of drug-likeness (QED) is 0.160. The first-order chi connectivity index (χ1) is 28.3. The summed E-state index contributed by atoms with van der Waals surface area (Å²) in [5, 5.41) is 2.16. The molecule has 0 saturated carbocycles. The van der Waals surface area contributed by atoms with Crippen LogP contribution < -0.4 is 14.5 Å². The molecule has 0 spiro atoms. The van der Waals surface area contributed by atoms with Gasteiger partial charge in [-0.1, -0.05) is 112 Å². The van der Waals surface area contributed by atoms with Crippen molar-refractivity contribution in [1.82, 2.24) is 24.5 Å². The molecule has 8 nitrogen and oxygen atoms in total. The second-order valence-corrected chi connectivity index (χ2v) is 15.8. The lowest BCUT2D eigenvalue weighted by molar-refractivity contribution is 0.484. The maximum Gasteiger partial charge on any atom is 0.167 e. The van der Waals surface area contributed by atoms with E-state index in [0.29, 0.717) is 29.0 Å². The molecule has 0 amide bonds. The van der Waals surface area contributed by atoms with Gasteiger partial charge in [-0.2, -0.15) is 0 Å². The van der Waals surface area contributed by atoms with Crippen molar-refractivity contribution in [3.8, 4) is 51.5 Å². The van der Waals surface area contributed by atoms with Gasteiger partial charge in [0.15, 0.2) is 17.5 Å². The minimum Gasteiger partial charge on any atom is -0.456 e. The summed E-state index contributed by atoms with van der Waals surface area (Å²) in [6.45, 7) is 7.47. The third kappa shape index (κ3) is 6.29. The smallest absolute Gasteiger partial charge is 0.167 e. The van der Waals surface area contributed by atoms with E-state index in [9.17, 15) is 0 Å². The molecule has 0 bridgehead atoms. The number of fused-ring (bicyclic) bond motifs is 4. The molecule has 0 atom stereocenters. The van der Waals surface area contributed by atoms with Crippen molar-refractivity contribution in [2.24, 2.45) is 0 Å². The summed E-state index contributed by atoms with van der Waals surface area (Å²) in [5.41, 5.74) is 9.13. The fraction of sp³-hybridized carbons (Fsp3) is 0.120. The van der Waals surface area contributed by atoms with E-state index in [1.807, 2.05) is 97.2 Å². The lowest BCUT2D eigenvalue weighted by Crippen LogP contribution is -2.23. The zero-order chi connectivity index (χ0) is 39.4. The molecule has 9 aromatic rings. The third-order valence-electron chi connectivity index (χ3n) is 10.8. The van der Waals surface area contributed by atoms with Gasteiger partial charge in [0.25, 0.3) is 0 Å². The summed E-state index contributed by atoms with van der Waals surface area (Å²) in [7, 11) is 2.12. The number of pyridine rings is 1. The molecule has 10 rings (SSSR count). The van der Waals surface area contributed by atoms with Gasteiger partial charge in [0.2, 0.25) is 0 Å². The molecule has 1 aliphatic rings. The second kappa shape index (κ2) is 14.0. The molecule has 58 heavy (non-hydrogen) atoms. The highest BCUT2D eigenvalue weighted by Gasteiger charge is 2.26. The van der Waals surface area contributed by atoms with E-state index >= 15 is 0 Å². The molecule has 8 heteroatoms. The molecular formula is C50H41N7O.